The Morgan fingerprint density at radius 3 is 2.80 bits per heavy atom. The van der Waals surface area contributed by atoms with Gasteiger partial charge in [0, 0.05) is 32.0 Å². The van der Waals surface area contributed by atoms with Crippen LogP contribution in [-0.4, -0.2) is 44.3 Å². The van der Waals surface area contributed by atoms with Crippen LogP contribution < -0.4 is 10.6 Å². The van der Waals surface area contributed by atoms with Crippen molar-refractivity contribution in [2.75, 3.05) is 33.4 Å². The van der Waals surface area contributed by atoms with Gasteiger partial charge in [0.25, 0.3) is 0 Å². The standard InChI is InChI=1S/C13H24N4OS.HI/c1-4-12-17-11(10-19-12)6-7-15-13(14-5-2)16-8-9-18-3;/h10H,4-9H2,1-3H3,(H2,14,15,16);1H. The fourth-order valence-corrected chi connectivity index (χ4v) is 2.30. The van der Waals surface area contributed by atoms with Gasteiger partial charge in [-0.05, 0) is 13.3 Å². The van der Waals surface area contributed by atoms with Gasteiger partial charge >= 0.3 is 0 Å². The van der Waals surface area contributed by atoms with Crippen LogP contribution >= 0.6 is 35.3 Å². The fourth-order valence-electron chi connectivity index (χ4n) is 1.53. The summed E-state index contributed by atoms with van der Waals surface area (Å²) in [5.74, 6) is 0.838. The second kappa shape index (κ2) is 12.3. The average molecular weight is 412 g/mol. The zero-order chi connectivity index (χ0) is 13.9. The van der Waals surface area contributed by atoms with Crippen LogP contribution in [0.5, 0.6) is 0 Å². The number of nitrogens with zero attached hydrogens (tertiary/aromatic N) is 2. The molecule has 0 unspecified atom stereocenters. The molecule has 0 spiro atoms. The molecule has 0 saturated heterocycles. The Kier molecular flexibility index (Phi) is 12.1. The highest BCUT2D eigenvalue weighted by Crippen LogP contribution is 2.09. The highest BCUT2D eigenvalue weighted by Gasteiger charge is 2.01. The van der Waals surface area contributed by atoms with E-state index >= 15 is 0 Å². The summed E-state index contributed by atoms with van der Waals surface area (Å²) in [7, 11) is 1.68. The van der Waals surface area contributed by atoms with Gasteiger partial charge in [0.15, 0.2) is 5.96 Å². The van der Waals surface area contributed by atoms with Crippen LogP contribution in [0.3, 0.4) is 0 Å². The number of halogens is 1. The third-order valence-corrected chi connectivity index (χ3v) is 3.53. The zero-order valence-corrected chi connectivity index (χ0v) is 15.6. The van der Waals surface area contributed by atoms with Crippen LogP contribution in [0.2, 0.25) is 0 Å². The number of aromatic nitrogens is 1. The molecule has 0 atom stereocenters. The van der Waals surface area contributed by atoms with Crippen LogP contribution in [0.25, 0.3) is 0 Å². The Hall–Kier alpha value is -0.410. The Labute approximate surface area is 142 Å². The molecule has 1 aromatic rings. The lowest BCUT2D eigenvalue weighted by molar-refractivity contribution is 0.208. The Bertz CT molecular complexity index is 384. The molecule has 0 bridgehead atoms. The summed E-state index contributed by atoms with van der Waals surface area (Å²) in [6.45, 7) is 7.19. The predicted molar refractivity (Wildman–Crippen MR) is 96.5 cm³/mol. The van der Waals surface area contributed by atoms with Gasteiger partial charge < -0.3 is 15.4 Å². The van der Waals surface area contributed by atoms with Gasteiger partial charge in [-0.15, -0.1) is 35.3 Å². The lowest BCUT2D eigenvalue weighted by Gasteiger charge is -2.10. The molecule has 1 aromatic heterocycles. The number of rotatable bonds is 8. The topological polar surface area (TPSA) is 58.5 Å². The highest BCUT2D eigenvalue weighted by atomic mass is 127. The number of hydrogen-bond acceptors (Lipinski definition) is 4. The number of ether oxygens (including phenoxy) is 1. The van der Waals surface area contributed by atoms with Crippen molar-refractivity contribution in [3.8, 4) is 0 Å². The first-order valence-corrected chi connectivity index (χ1v) is 7.62. The number of aliphatic imine (C=N–C) groups is 1. The van der Waals surface area contributed by atoms with Gasteiger partial charge in [-0.2, -0.15) is 0 Å². The van der Waals surface area contributed by atoms with Gasteiger partial charge in [-0.1, -0.05) is 6.92 Å². The summed E-state index contributed by atoms with van der Waals surface area (Å²) in [5.41, 5.74) is 1.15. The quantitative estimate of drug-likeness (QED) is 0.297. The molecule has 0 aliphatic carbocycles. The molecular formula is C13H25IN4OS. The van der Waals surface area contributed by atoms with E-state index < -0.39 is 0 Å². The molecular weight excluding hydrogens is 387 g/mol. The van der Waals surface area contributed by atoms with Gasteiger partial charge in [0.1, 0.15) is 0 Å². The van der Waals surface area contributed by atoms with Crippen LogP contribution in [0, 0.1) is 0 Å². The molecule has 1 heterocycles. The average Bonchev–Trinajstić information content (AvgIpc) is 2.87. The first-order chi connectivity index (χ1) is 9.30. The summed E-state index contributed by atoms with van der Waals surface area (Å²) in [6.07, 6.45) is 1.93. The first kappa shape index (κ1) is 19.6. The number of guanidine groups is 1. The maximum Gasteiger partial charge on any atom is 0.191 e. The molecule has 2 N–H and O–H groups in total. The minimum atomic E-state index is 0. The molecule has 0 radical (unpaired) electrons. The molecule has 20 heavy (non-hydrogen) atoms. The smallest absolute Gasteiger partial charge is 0.191 e. The highest BCUT2D eigenvalue weighted by molar-refractivity contribution is 14.0. The fraction of sp³-hybridized carbons (Fsp3) is 0.692. The van der Waals surface area contributed by atoms with Crippen LogP contribution in [0.1, 0.15) is 24.5 Å². The molecule has 5 nitrogen and oxygen atoms in total. The molecule has 116 valence electrons. The van der Waals surface area contributed by atoms with E-state index in [9.17, 15) is 0 Å². The van der Waals surface area contributed by atoms with Crippen molar-refractivity contribution < 1.29 is 4.74 Å². The maximum absolute atomic E-state index is 4.99. The lowest BCUT2D eigenvalue weighted by atomic mass is 10.3. The van der Waals surface area contributed by atoms with Gasteiger partial charge in [0.05, 0.1) is 23.9 Å². The molecule has 0 aliphatic heterocycles. The van der Waals surface area contributed by atoms with E-state index in [0.717, 1.165) is 37.6 Å². The third kappa shape index (κ3) is 8.01. The van der Waals surface area contributed by atoms with Crippen molar-refractivity contribution in [1.82, 2.24) is 15.6 Å². The van der Waals surface area contributed by atoms with Crippen molar-refractivity contribution in [3.63, 3.8) is 0 Å². The minimum absolute atomic E-state index is 0. The molecule has 0 aromatic carbocycles. The van der Waals surface area contributed by atoms with Crippen LogP contribution in [0.15, 0.2) is 10.4 Å². The van der Waals surface area contributed by atoms with E-state index in [1.54, 1.807) is 18.4 Å². The Balaban J connectivity index is 0.00000361. The summed E-state index contributed by atoms with van der Waals surface area (Å²) in [5, 5.41) is 9.85. The SMILES string of the molecule is CCNC(=NCCOC)NCCc1csc(CC)n1.I. The molecule has 0 fully saturated rings. The number of methoxy groups -OCH3 is 1. The van der Waals surface area contributed by atoms with E-state index in [0.29, 0.717) is 13.2 Å². The molecule has 0 saturated carbocycles. The van der Waals surface area contributed by atoms with Crippen LogP contribution in [-0.2, 0) is 17.6 Å². The summed E-state index contributed by atoms with van der Waals surface area (Å²) in [6, 6.07) is 0. The summed E-state index contributed by atoms with van der Waals surface area (Å²) < 4.78 is 4.99. The number of aryl methyl sites for hydroxylation is 1. The molecule has 1 rings (SSSR count). The van der Waals surface area contributed by atoms with Crippen LogP contribution in [0.4, 0.5) is 0 Å². The van der Waals surface area contributed by atoms with Gasteiger partial charge in [-0.25, -0.2) is 4.98 Å². The van der Waals surface area contributed by atoms with E-state index in [4.69, 9.17) is 4.74 Å². The second-order valence-electron chi connectivity index (χ2n) is 4.02. The monoisotopic (exact) mass is 412 g/mol. The summed E-state index contributed by atoms with van der Waals surface area (Å²) >= 11 is 1.73. The largest absolute Gasteiger partial charge is 0.383 e. The molecule has 0 aliphatic rings. The van der Waals surface area contributed by atoms with E-state index in [2.05, 4.69) is 39.8 Å². The van der Waals surface area contributed by atoms with Crippen molar-refractivity contribution in [2.45, 2.75) is 26.7 Å². The van der Waals surface area contributed by atoms with E-state index in [-0.39, 0.29) is 24.0 Å². The van der Waals surface area contributed by atoms with Crippen molar-refractivity contribution in [1.29, 1.82) is 0 Å². The Morgan fingerprint density at radius 2 is 2.20 bits per heavy atom. The number of hydrogen-bond donors (Lipinski definition) is 2. The zero-order valence-electron chi connectivity index (χ0n) is 12.4. The number of nitrogens with one attached hydrogen (secondary N) is 2. The summed E-state index contributed by atoms with van der Waals surface area (Å²) in [4.78, 5) is 8.95. The van der Waals surface area contributed by atoms with E-state index in [1.165, 1.54) is 5.01 Å². The first-order valence-electron chi connectivity index (χ1n) is 6.74. The van der Waals surface area contributed by atoms with Crippen molar-refractivity contribution >= 4 is 41.3 Å². The second-order valence-corrected chi connectivity index (χ2v) is 4.96. The third-order valence-electron chi connectivity index (χ3n) is 2.48. The van der Waals surface area contributed by atoms with Gasteiger partial charge in [0.2, 0.25) is 0 Å². The van der Waals surface area contributed by atoms with Gasteiger partial charge in [-0.3, -0.25) is 4.99 Å². The maximum atomic E-state index is 4.99. The lowest BCUT2D eigenvalue weighted by Crippen LogP contribution is -2.38. The van der Waals surface area contributed by atoms with E-state index in [1.807, 2.05) is 0 Å². The van der Waals surface area contributed by atoms with Crippen molar-refractivity contribution in [3.05, 3.63) is 16.1 Å². The Morgan fingerprint density at radius 1 is 1.40 bits per heavy atom. The van der Waals surface area contributed by atoms with Crippen molar-refractivity contribution in [2.24, 2.45) is 4.99 Å². The minimum Gasteiger partial charge on any atom is -0.383 e. The molecule has 7 heteroatoms. The number of thiazole rings is 1. The molecule has 0 amide bonds. The predicted octanol–water partition coefficient (Wildman–Crippen LogP) is 2.07. The normalized spacial score (nSPS) is 11.1.